The Bertz CT molecular complexity index is 1050. The van der Waals surface area contributed by atoms with E-state index >= 15 is 0 Å². The number of anilines is 2. The zero-order valence-electron chi connectivity index (χ0n) is 17.3. The summed E-state index contributed by atoms with van der Waals surface area (Å²) < 4.78 is 6.44. The van der Waals surface area contributed by atoms with Gasteiger partial charge < -0.3 is 19.9 Å². The van der Waals surface area contributed by atoms with Crippen LogP contribution in [0, 0.1) is 0 Å². The molecular weight excluding hydrogens is 412 g/mol. The Morgan fingerprint density at radius 3 is 2.65 bits per heavy atom. The number of hydrogen-bond donors (Lipinski definition) is 1. The third-order valence-corrected chi connectivity index (χ3v) is 5.96. The van der Waals surface area contributed by atoms with Gasteiger partial charge in [-0.15, -0.1) is 11.3 Å². The molecule has 31 heavy (non-hydrogen) atoms. The van der Waals surface area contributed by atoms with E-state index in [1.807, 2.05) is 48.5 Å². The van der Waals surface area contributed by atoms with Crippen molar-refractivity contribution in [2.45, 2.75) is 0 Å². The van der Waals surface area contributed by atoms with E-state index in [4.69, 9.17) is 4.74 Å². The topological polar surface area (TPSA) is 74.8 Å². The van der Waals surface area contributed by atoms with E-state index in [0.717, 1.165) is 47.2 Å². The number of carbonyl (C=O) groups is 2. The van der Waals surface area contributed by atoms with E-state index in [0.29, 0.717) is 5.69 Å². The molecule has 0 spiro atoms. The van der Waals surface area contributed by atoms with Gasteiger partial charge in [0.15, 0.2) is 0 Å². The first-order chi connectivity index (χ1) is 15.1. The van der Waals surface area contributed by atoms with Crippen molar-refractivity contribution in [3.8, 4) is 0 Å². The van der Waals surface area contributed by atoms with Crippen molar-refractivity contribution in [3.05, 3.63) is 59.6 Å². The number of carbonyl (C=O) groups excluding carboxylic acids is 2. The van der Waals surface area contributed by atoms with Gasteiger partial charge in [-0.25, -0.2) is 4.98 Å². The number of benzene rings is 2. The lowest BCUT2D eigenvalue weighted by Crippen LogP contribution is -2.36. The van der Waals surface area contributed by atoms with Gasteiger partial charge in [-0.1, -0.05) is 12.1 Å². The van der Waals surface area contributed by atoms with Crippen LogP contribution in [0.1, 0.15) is 5.01 Å². The zero-order valence-corrected chi connectivity index (χ0v) is 18.1. The van der Waals surface area contributed by atoms with Crippen molar-refractivity contribution in [3.63, 3.8) is 0 Å². The van der Waals surface area contributed by atoms with Crippen LogP contribution in [-0.4, -0.2) is 61.6 Å². The summed E-state index contributed by atoms with van der Waals surface area (Å²) in [5.74, 6) is -0.500. The maximum atomic E-state index is 12.4. The Morgan fingerprint density at radius 1 is 1.16 bits per heavy atom. The standard InChI is InChI=1S/C23H24N4O3S/c1-26(23(29)11-10-22-25-19-4-2-3-5-20(19)31-22)16-21(28)24-17-6-8-18(9-7-17)27-12-14-30-15-13-27/h2-11H,12-16H2,1H3,(H,24,28)/b11-10+. The summed E-state index contributed by atoms with van der Waals surface area (Å²) in [6.07, 6.45) is 3.13. The number of hydrogen-bond acceptors (Lipinski definition) is 6. The Kier molecular flexibility index (Phi) is 6.59. The van der Waals surface area contributed by atoms with Gasteiger partial charge in [0.2, 0.25) is 11.8 Å². The van der Waals surface area contributed by atoms with Crippen LogP contribution in [-0.2, 0) is 14.3 Å². The van der Waals surface area contributed by atoms with Gasteiger partial charge >= 0.3 is 0 Å². The van der Waals surface area contributed by atoms with Crippen LogP contribution in [0.3, 0.4) is 0 Å². The van der Waals surface area contributed by atoms with Gasteiger partial charge in [-0.3, -0.25) is 9.59 Å². The highest BCUT2D eigenvalue weighted by Crippen LogP contribution is 2.22. The molecule has 7 nitrogen and oxygen atoms in total. The van der Waals surface area contributed by atoms with Gasteiger partial charge in [-0.2, -0.15) is 0 Å². The molecule has 1 saturated heterocycles. The summed E-state index contributed by atoms with van der Waals surface area (Å²) in [6, 6.07) is 15.5. The fraction of sp³-hybridized carbons (Fsp3) is 0.261. The molecule has 1 N–H and O–H groups in total. The highest BCUT2D eigenvalue weighted by molar-refractivity contribution is 7.19. The van der Waals surface area contributed by atoms with Crippen LogP contribution >= 0.6 is 11.3 Å². The maximum Gasteiger partial charge on any atom is 0.246 e. The van der Waals surface area contributed by atoms with Crippen molar-refractivity contribution >= 4 is 50.8 Å². The van der Waals surface area contributed by atoms with E-state index < -0.39 is 0 Å². The van der Waals surface area contributed by atoms with Crippen molar-refractivity contribution in [1.82, 2.24) is 9.88 Å². The first-order valence-corrected chi connectivity index (χ1v) is 10.9. The molecule has 0 atom stereocenters. The smallest absolute Gasteiger partial charge is 0.246 e. The summed E-state index contributed by atoms with van der Waals surface area (Å²) >= 11 is 1.52. The minimum absolute atomic E-state index is 0.0335. The Labute approximate surface area is 184 Å². The molecule has 0 bridgehead atoms. The zero-order chi connectivity index (χ0) is 21.6. The molecule has 3 aromatic rings. The molecule has 0 radical (unpaired) electrons. The number of fused-ring (bicyclic) bond motifs is 1. The average molecular weight is 437 g/mol. The number of likely N-dealkylation sites (N-methyl/N-ethyl adjacent to an activating group) is 1. The summed E-state index contributed by atoms with van der Waals surface area (Å²) in [5, 5.41) is 3.60. The number of nitrogens with one attached hydrogen (secondary N) is 1. The number of nitrogens with zero attached hydrogens (tertiary/aromatic N) is 3. The Hall–Kier alpha value is -3.23. The predicted octanol–water partition coefficient (Wildman–Crippen LogP) is 3.24. The summed E-state index contributed by atoms with van der Waals surface area (Å²) in [4.78, 5) is 32.8. The van der Waals surface area contributed by atoms with E-state index in [-0.39, 0.29) is 18.4 Å². The monoisotopic (exact) mass is 436 g/mol. The van der Waals surface area contributed by atoms with Crippen LogP contribution in [0.4, 0.5) is 11.4 Å². The van der Waals surface area contributed by atoms with Gasteiger partial charge in [0.25, 0.3) is 0 Å². The van der Waals surface area contributed by atoms with Crippen LogP contribution < -0.4 is 10.2 Å². The minimum Gasteiger partial charge on any atom is -0.378 e. The number of rotatable bonds is 6. The van der Waals surface area contributed by atoms with Crippen molar-refractivity contribution in [2.75, 3.05) is 50.1 Å². The second-order valence-electron chi connectivity index (χ2n) is 7.24. The molecule has 1 aromatic heterocycles. The SMILES string of the molecule is CN(CC(=O)Nc1ccc(N2CCOCC2)cc1)C(=O)/C=C/c1nc2ccccc2s1. The number of morpholine rings is 1. The average Bonchev–Trinajstić information content (AvgIpc) is 3.21. The highest BCUT2D eigenvalue weighted by atomic mass is 32.1. The third kappa shape index (κ3) is 5.48. The Balaban J connectivity index is 1.28. The van der Waals surface area contributed by atoms with Gasteiger partial charge in [0, 0.05) is 37.6 Å². The fourth-order valence-electron chi connectivity index (χ4n) is 3.30. The molecule has 160 valence electrons. The molecule has 8 heteroatoms. The number of para-hydroxylation sites is 1. The molecule has 2 heterocycles. The van der Waals surface area contributed by atoms with Gasteiger partial charge in [-0.05, 0) is 42.5 Å². The largest absolute Gasteiger partial charge is 0.378 e. The summed E-state index contributed by atoms with van der Waals surface area (Å²) in [7, 11) is 1.60. The van der Waals surface area contributed by atoms with Gasteiger partial charge in [0.1, 0.15) is 5.01 Å². The second kappa shape index (κ2) is 9.72. The molecule has 4 rings (SSSR count). The lowest BCUT2D eigenvalue weighted by molar-refractivity contribution is -0.129. The molecule has 2 amide bonds. The number of thiazole rings is 1. The third-order valence-electron chi connectivity index (χ3n) is 4.96. The van der Waals surface area contributed by atoms with E-state index in [9.17, 15) is 9.59 Å². The molecule has 1 aliphatic heterocycles. The van der Waals surface area contributed by atoms with Crippen LogP contribution in [0.25, 0.3) is 16.3 Å². The summed E-state index contributed by atoms with van der Waals surface area (Å²) in [5.41, 5.74) is 2.72. The minimum atomic E-state index is -0.253. The first kappa shape index (κ1) is 21.0. The lowest BCUT2D eigenvalue weighted by Gasteiger charge is -2.28. The van der Waals surface area contributed by atoms with Crippen LogP contribution in [0.2, 0.25) is 0 Å². The fourth-order valence-corrected chi connectivity index (χ4v) is 4.17. The quantitative estimate of drug-likeness (QED) is 0.601. The number of aromatic nitrogens is 1. The maximum absolute atomic E-state index is 12.4. The van der Waals surface area contributed by atoms with E-state index in [1.165, 1.54) is 22.3 Å². The van der Waals surface area contributed by atoms with Crippen molar-refractivity contribution < 1.29 is 14.3 Å². The van der Waals surface area contributed by atoms with Crippen LogP contribution in [0.15, 0.2) is 54.6 Å². The van der Waals surface area contributed by atoms with Crippen molar-refractivity contribution in [1.29, 1.82) is 0 Å². The van der Waals surface area contributed by atoms with E-state index in [1.54, 1.807) is 13.1 Å². The van der Waals surface area contributed by atoms with Gasteiger partial charge in [0.05, 0.1) is 30.0 Å². The molecule has 1 fully saturated rings. The summed E-state index contributed by atoms with van der Waals surface area (Å²) in [6.45, 7) is 3.15. The molecular formula is C23H24N4O3S. The molecule has 0 saturated carbocycles. The predicted molar refractivity (Wildman–Crippen MR) is 124 cm³/mol. The molecule has 0 unspecified atom stereocenters. The lowest BCUT2D eigenvalue weighted by atomic mass is 10.2. The normalized spacial score (nSPS) is 14.2. The van der Waals surface area contributed by atoms with Crippen LogP contribution in [0.5, 0.6) is 0 Å². The molecule has 0 aliphatic carbocycles. The molecule has 2 aromatic carbocycles. The Morgan fingerprint density at radius 2 is 1.90 bits per heavy atom. The molecule has 1 aliphatic rings. The number of ether oxygens (including phenoxy) is 1. The first-order valence-electron chi connectivity index (χ1n) is 10.1. The number of amides is 2. The van der Waals surface area contributed by atoms with Crippen molar-refractivity contribution in [2.24, 2.45) is 0 Å². The second-order valence-corrected chi connectivity index (χ2v) is 8.30. The highest BCUT2D eigenvalue weighted by Gasteiger charge is 2.13. The van der Waals surface area contributed by atoms with E-state index in [2.05, 4.69) is 15.2 Å².